The summed E-state index contributed by atoms with van der Waals surface area (Å²) in [6.45, 7) is 1.61. The average molecular weight is 376 g/mol. The topological polar surface area (TPSA) is 84.9 Å². The zero-order valence-corrected chi connectivity index (χ0v) is 16.0. The lowest BCUT2D eigenvalue weighted by Crippen LogP contribution is -2.15. The molecule has 26 heavy (non-hydrogen) atoms. The zero-order valence-electron chi connectivity index (χ0n) is 15.2. The van der Waals surface area contributed by atoms with E-state index in [-0.39, 0.29) is 15.4 Å². The number of methoxy groups -OCH3 is 2. The predicted octanol–water partition coefficient (Wildman–Crippen LogP) is 2.95. The summed E-state index contributed by atoms with van der Waals surface area (Å²) >= 11 is 0.978. The molecule has 0 atom stereocenters. The molecule has 1 aromatic carbocycles. The fourth-order valence-electron chi connectivity index (χ4n) is 2.32. The average Bonchev–Trinajstić information content (AvgIpc) is 2.96. The third-order valence-electron chi connectivity index (χ3n) is 3.78. The molecule has 2 rings (SSSR count). The van der Waals surface area contributed by atoms with Crippen molar-refractivity contribution in [1.29, 1.82) is 0 Å². The second-order valence-corrected chi connectivity index (χ2v) is 6.66. The number of carbonyl (C=O) groups excluding carboxylic acids is 3. The van der Waals surface area contributed by atoms with E-state index in [1.165, 1.54) is 14.2 Å². The fraction of sp³-hybridized carbons (Fsp3) is 0.278. The molecule has 0 saturated heterocycles. The van der Waals surface area contributed by atoms with Gasteiger partial charge in [-0.15, -0.1) is 11.3 Å². The summed E-state index contributed by atoms with van der Waals surface area (Å²) in [6, 6.07) is 7.00. The van der Waals surface area contributed by atoms with Gasteiger partial charge in [-0.3, -0.25) is 4.79 Å². The monoisotopic (exact) mass is 376 g/mol. The smallest absolute Gasteiger partial charge is 0.348 e. The molecule has 0 fully saturated rings. The fourth-order valence-corrected chi connectivity index (χ4v) is 3.43. The van der Waals surface area contributed by atoms with Gasteiger partial charge in [-0.05, 0) is 36.8 Å². The molecule has 0 spiro atoms. The minimum absolute atomic E-state index is 0.149. The molecule has 1 N–H and O–H groups in total. The number of hydrogen-bond acceptors (Lipinski definition) is 7. The van der Waals surface area contributed by atoms with E-state index >= 15 is 0 Å². The van der Waals surface area contributed by atoms with Crippen LogP contribution in [0, 0.1) is 6.92 Å². The first-order chi connectivity index (χ1) is 12.3. The van der Waals surface area contributed by atoms with Gasteiger partial charge >= 0.3 is 11.9 Å². The molecule has 0 unspecified atom stereocenters. The Balaban J connectivity index is 2.36. The maximum absolute atomic E-state index is 12.5. The van der Waals surface area contributed by atoms with Gasteiger partial charge in [0.15, 0.2) is 0 Å². The zero-order chi connectivity index (χ0) is 19.4. The number of nitrogens with zero attached hydrogens (tertiary/aromatic N) is 1. The highest BCUT2D eigenvalue weighted by Gasteiger charge is 2.26. The van der Waals surface area contributed by atoms with E-state index in [2.05, 4.69) is 5.32 Å². The maximum Gasteiger partial charge on any atom is 0.348 e. The van der Waals surface area contributed by atoms with Gasteiger partial charge in [0, 0.05) is 25.3 Å². The highest BCUT2D eigenvalue weighted by Crippen LogP contribution is 2.34. The van der Waals surface area contributed by atoms with Crippen LogP contribution in [0.1, 0.15) is 36.0 Å². The number of thiophene rings is 1. The first-order valence-electron chi connectivity index (χ1n) is 7.68. The van der Waals surface area contributed by atoms with Gasteiger partial charge in [-0.1, -0.05) is 0 Å². The third-order valence-corrected chi connectivity index (χ3v) is 4.97. The van der Waals surface area contributed by atoms with E-state index < -0.39 is 17.8 Å². The summed E-state index contributed by atoms with van der Waals surface area (Å²) in [5, 5.41) is 2.94. The van der Waals surface area contributed by atoms with Crippen molar-refractivity contribution >= 4 is 39.9 Å². The van der Waals surface area contributed by atoms with Crippen molar-refractivity contribution in [2.24, 2.45) is 0 Å². The third kappa shape index (κ3) is 3.85. The molecular weight excluding hydrogens is 356 g/mol. The van der Waals surface area contributed by atoms with E-state index in [1.54, 1.807) is 19.1 Å². The van der Waals surface area contributed by atoms with E-state index in [4.69, 9.17) is 9.47 Å². The lowest BCUT2D eigenvalue weighted by molar-refractivity contribution is 0.0601. The Labute approximate surface area is 155 Å². The Kier molecular flexibility index (Phi) is 5.99. The van der Waals surface area contributed by atoms with E-state index in [1.807, 2.05) is 31.1 Å². The number of esters is 2. The number of benzene rings is 1. The Morgan fingerprint density at radius 1 is 1.00 bits per heavy atom. The standard InChI is InChI=1S/C18H20N2O5S/c1-10-13(17(22)24-4)16(26-14(10)18(23)25-5)19-15(21)11-6-8-12(9-7-11)20(2)3/h6-9H,1-5H3,(H,19,21). The van der Waals surface area contributed by atoms with Gasteiger partial charge in [0.2, 0.25) is 0 Å². The van der Waals surface area contributed by atoms with Crippen molar-refractivity contribution in [1.82, 2.24) is 0 Å². The van der Waals surface area contributed by atoms with Gasteiger partial charge < -0.3 is 19.7 Å². The van der Waals surface area contributed by atoms with Crippen LogP contribution in [-0.4, -0.2) is 46.2 Å². The largest absolute Gasteiger partial charge is 0.465 e. The normalized spacial score (nSPS) is 10.2. The Morgan fingerprint density at radius 2 is 1.58 bits per heavy atom. The number of carbonyl (C=O) groups is 3. The number of ether oxygens (including phenoxy) is 2. The van der Waals surface area contributed by atoms with Gasteiger partial charge in [0.1, 0.15) is 9.88 Å². The molecule has 138 valence electrons. The molecule has 2 aromatic rings. The molecule has 1 amide bonds. The lowest BCUT2D eigenvalue weighted by atomic mass is 10.1. The van der Waals surface area contributed by atoms with E-state index in [9.17, 15) is 14.4 Å². The van der Waals surface area contributed by atoms with Gasteiger partial charge in [0.05, 0.1) is 19.8 Å². The second-order valence-electron chi connectivity index (χ2n) is 5.64. The minimum Gasteiger partial charge on any atom is -0.465 e. The SMILES string of the molecule is COC(=O)c1sc(NC(=O)c2ccc(N(C)C)cc2)c(C(=O)OC)c1C. The molecule has 0 bridgehead atoms. The summed E-state index contributed by atoms with van der Waals surface area (Å²) in [6.07, 6.45) is 0. The van der Waals surface area contributed by atoms with Crippen LogP contribution < -0.4 is 10.2 Å². The van der Waals surface area contributed by atoms with Crippen LogP contribution in [0.3, 0.4) is 0 Å². The van der Waals surface area contributed by atoms with Crippen molar-refractivity contribution < 1.29 is 23.9 Å². The number of hydrogen-bond donors (Lipinski definition) is 1. The van der Waals surface area contributed by atoms with E-state index in [0.29, 0.717) is 11.1 Å². The first kappa shape index (κ1) is 19.5. The number of anilines is 2. The summed E-state index contributed by atoms with van der Waals surface area (Å²) in [5.41, 5.74) is 1.94. The van der Waals surface area contributed by atoms with Crippen LogP contribution in [0.5, 0.6) is 0 Å². The molecule has 8 heteroatoms. The van der Waals surface area contributed by atoms with Crippen LogP contribution in [-0.2, 0) is 9.47 Å². The second kappa shape index (κ2) is 8.01. The van der Waals surface area contributed by atoms with Crippen LogP contribution in [0.2, 0.25) is 0 Å². The summed E-state index contributed by atoms with van der Waals surface area (Å²) < 4.78 is 9.50. The van der Waals surface area contributed by atoms with Crippen LogP contribution in [0.25, 0.3) is 0 Å². The van der Waals surface area contributed by atoms with Crippen molar-refractivity contribution in [2.45, 2.75) is 6.92 Å². The van der Waals surface area contributed by atoms with Crippen LogP contribution in [0.15, 0.2) is 24.3 Å². The first-order valence-corrected chi connectivity index (χ1v) is 8.50. The van der Waals surface area contributed by atoms with Gasteiger partial charge in [0.25, 0.3) is 5.91 Å². The Morgan fingerprint density at radius 3 is 2.08 bits per heavy atom. The van der Waals surface area contributed by atoms with Crippen molar-refractivity contribution in [3.63, 3.8) is 0 Å². The maximum atomic E-state index is 12.5. The quantitative estimate of drug-likeness (QED) is 0.808. The van der Waals surface area contributed by atoms with Crippen LogP contribution in [0.4, 0.5) is 10.7 Å². The molecular formula is C18H20N2O5S. The molecule has 1 heterocycles. The summed E-state index contributed by atoms with van der Waals surface area (Å²) in [5.74, 6) is -1.60. The summed E-state index contributed by atoms with van der Waals surface area (Å²) in [4.78, 5) is 38.7. The predicted molar refractivity (Wildman–Crippen MR) is 100 cm³/mol. The van der Waals surface area contributed by atoms with Gasteiger partial charge in [-0.25, -0.2) is 9.59 Å². The minimum atomic E-state index is -0.632. The molecule has 0 aliphatic heterocycles. The number of nitrogens with one attached hydrogen (secondary N) is 1. The molecule has 0 aliphatic rings. The molecule has 0 aliphatic carbocycles. The number of rotatable bonds is 5. The lowest BCUT2D eigenvalue weighted by Gasteiger charge is -2.12. The summed E-state index contributed by atoms with van der Waals surface area (Å²) in [7, 11) is 6.30. The molecule has 0 saturated carbocycles. The van der Waals surface area contributed by atoms with E-state index in [0.717, 1.165) is 17.0 Å². The highest BCUT2D eigenvalue weighted by molar-refractivity contribution is 7.18. The van der Waals surface area contributed by atoms with Gasteiger partial charge in [-0.2, -0.15) is 0 Å². The Hall–Kier alpha value is -2.87. The van der Waals surface area contributed by atoms with Crippen LogP contribution >= 0.6 is 11.3 Å². The molecule has 0 radical (unpaired) electrons. The van der Waals surface area contributed by atoms with Crippen molar-refractivity contribution in [3.8, 4) is 0 Å². The number of amides is 1. The highest BCUT2D eigenvalue weighted by atomic mass is 32.1. The van der Waals surface area contributed by atoms with Crippen molar-refractivity contribution in [3.05, 3.63) is 45.8 Å². The Bertz CT molecular complexity index is 840. The van der Waals surface area contributed by atoms with Crippen molar-refractivity contribution in [2.75, 3.05) is 38.5 Å². The molecule has 1 aromatic heterocycles. The molecule has 7 nitrogen and oxygen atoms in total.